The maximum atomic E-state index is 11.9. The molecule has 6 heteroatoms. The molecule has 1 aliphatic carbocycles. The molecule has 0 saturated heterocycles. The fourth-order valence-corrected chi connectivity index (χ4v) is 1.74. The lowest BCUT2D eigenvalue weighted by Crippen LogP contribution is -2.24. The zero-order valence-electron chi connectivity index (χ0n) is 10.9. The van der Waals surface area contributed by atoms with E-state index in [4.69, 9.17) is 0 Å². The second kappa shape index (κ2) is 5.64. The van der Waals surface area contributed by atoms with Crippen molar-refractivity contribution in [3.8, 4) is 0 Å². The number of nitrogens with one attached hydrogen (secondary N) is 2. The molecule has 2 aromatic heterocycles. The first-order chi connectivity index (χ1) is 9.81. The average Bonchev–Trinajstić information content (AvgIpc) is 3.31. The van der Waals surface area contributed by atoms with Crippen LogP contribution in [0.2, 0.25) is 0 Å². The van der Waals surface area contributed by atoms with Crippen molar-refractivity contribution in [3.05, 3.63) is 47.9 Å². The molecule has 0 aliphatic heterocycles. The van der Waals surface area contributed by atoms with Crippen LogP contribution in [-0.4, -0.2) is 27.1 Å². The summed E-state index contributed by atoms with van der Waals surface area (Å²) in [4.78, 5) is 15.8. The predicted molar refractivity (Wildman–Crippen MR) is 74.1 cm³/mol. The van der Waals surface area contributed by atoms with Gasteiger partial charge in [-0.25, -0.2) is 0 Å². The lowest BCUT2D eigenvalue weighted by Gasteiger charge is -2.05. The number of nitrogens with zero attached hydrogens (tertiary/aromatic N) is 3. The van der Waals surface area contributed by atoms with Crippen LogP contribution in [0.5, 0.6) is 0 Å². The third kappa shape index (κ3) is 3.28. The molecule has 0 atom stereocenters. The maximum absolute atomic E-state index is 11.9. The fourth-order valence-electron chi connectivity index (χ4n) is 1.74. The summed E-state index contributed by atoms with van der Waals surface area (Å²) in [6.07, 6.45) is 5.74. The summed E-state index contributed by atoms with van der Waals surface area (Å²) in [5.41, 5.74) is 1.31. The van der Waals surface area contributed by atoms with Crippen molar-refractivity contribution in [3.63, 3.8) is 0 Å². The molecule has 0 radical (unpaired) electrons. The van der Waals surface area contributed by atoms with Crippen molar-refractivity contribution in [2.75, 3.05) is 5.32 Å². The molecule has 6 nitrogen and oxygen atoms in total. The zero-order chi connectivity index (χ0) is 13.8. The Bertz CT molecular complexity index is 580. The normalized spacial score (nSPS) is 13.8. The molecule has 1 saturated carbocycles. The lowest BCUT2D eigenvalue weighted by molar-refractivity contribution is 0.0945. The summed E-state index contributed by atoms with van der Waals surface area (Å²) >= 11 is 0. The van der Waals surface area contributed by atoms with Crippen LogP contribution in [0.3, 0.4) is 0 Å². The molecule has 2 aromatic rings. The highest BCUT2D eigenvalue weighted by atomic mass is 16.1. The van der Waals surface area contributed by atoms with Crippen LogP contribution in [0.4, 0.5) is 5.82 Å². The number of pyridine rings is 1. The number of amides is 1. The minimum absolute atomic E-state index is 0.229. The van der Waals surface area contributed by atoms with Gasteiger partial charge in [0, 0.05) is 25.0 Å². The number of carbonyl (C=O) groups is 1. The van der Waals surface area contributed by atoms with Gasteiger partial charge in [0.05, 0.1) is 0 Å². The number of carbonyl (C=O) groups excluding carboxylic acids is 1. The van der Waals surface area contributed by atoms with Crippen molar-refractivity contribution in [2.24, 2.45) is 0 Å². The Hall–Kier alpha value is -2.50. The Balaban J connectivity index is 1.56. The third-order valence-corrected chi connectivity index (χ3v) is 3.03. The maximum Gasteiger partial charge on any atom is 0.272 e. The molecule has 20 heavy (non-hydrogen) atoms. The summed E-state index contributed by atoms with van der Waals surface area (Å²) < 4.78 is 0. The molecule has 2 heterocycles. The molecule has 0 unspecified atom stereocenters. The highest BCUT2D eigenvalue weighted by molar-refractivity contribution is 5.92. The first-order valence-electron chi connectivity index (χ1n) is 6.58. The van der Waals surface area contributed by atoms with Crippen molar-refractivity contribution in [2.45, 2.75) is 25.4 Å². The molecule has 0 spiro atoms. The van der Waals surface area contributed by atoms with Crippen LogP contribution in [-0.2, 0) is 6.54 Å². The molecule has 1 aliphatic rings. The molecular formula is C14H15N5O. The van der Waals surface area contributed by atoms with Crippen LogP contribution >= 0.6 is 0 Å². The molecule has 2 N–H and O–H groups in total. The highest BCUT2D eigenvalue weighted by Crippen LogP contribution is 2.23. The third-order valence-electron chi connectivity index (χ3n) is 3.03. The minimum Gasteiger partial charge on any atom is -0.366 e. The summed E-state index contributed by atoms with van der Waals surface area (Å²) in [5.74, 6) is 0.491. The average molecular weight is 269 g/mol. The first-order valence-corrected chi connectivity index (χ1v) is 6.58. The smallest absolute Gasteiger partial charge is 0.272 e. The van der Waals surface area contributed by atoms with E-state index in [1.165, 1.54) is 12.8 Å². The SMILES string of the molecule is O=C(NCc1ccncc1)c1ccc(NC2CC2)nn1. The summed E-state index contributed by atoms with van der Waals surface area (Å²) in [6, 6.07) is 7.70. The summed E-state index contributed by atoms with van der Waals surface area (Å²) in [7, 11) is 0. The van der Waals surface area contributed by atoms with Gasteiger partial charge in [0.25, 0.3) is 5.91 Å². The van der Waals surface area contributed by atoms with Gasteiger partial charge in [-0.15, -0.1) is 10.2 Å². The molecule has 1 amide bonds. The number of aromatic nitrogens is 3. The van der Waals surface area contributed by atoms with Gasteiger partial charge in [-0.2, -0.15) is 0 Å². The van der Waals surface area contributed by atoms with Crippen molar-refractivity contribution < 1.29 is 4.79 Å². The summed E-state index contributed by atoms with van der Waals surface area (Å²) in [5, 5.41) is 14.0. The monoisotopic (exact) mass is 269 g/mol. The topological polar surface area (TPSA) is 79.8 Å². The van der Waals surface area contributed by atoms with Crippen LogP contribution in [0.15, 0.2) is 36.7 Å². The van der Waals surface area contributed by atoms with Crippen LogP contribution < -0.4 is 10.6 Å². The zero-order valence-corrected chi connectivity index (χ0v) is 10.9. The van der Waals surface area contributed by atoms with E-state index < -0.39 is 0 Å². The molecular weight excluding hydrogens is 254 g/mol. The lowest BCUT2D eigenvalue weighted by atomic mass is 10.2. The Morgan fingerprint density at radius 1 is 1.15 bits per heavy atom. The number of hydrogen-bond donors (Lipinski definition) is 2. The summed E-state index contributed by atoms with van der Waals surface area (Å²) in [6.45, 7) is 0.450. The van der Waals surface area contributed by atoms with Gasteiger partial charge in [-0.3, -0.25) is 9.78 Å². The van der Waals surface area contributed by atoms with Gasteiger partial charge in [-0.05, 0) is 42.7 Å². The van der Waals surface area contributed by atoms with E-state index >= 15 is 0 Å². The number of hydrogen-bond acceptors (Lipinski definition) is 5. The Kier molecular flexibility index (Phi) is 3.54. The first kappa shape index (κ1) is 12.5. The van der Waals surface area contributed by atoms with E-state index in [2.05, 4.69) is 25.8 Å². The number of anilines is 1. The van der Waals surface area contributed by atoms with Crippen molar-refractivity contribution >= 4 is 11.7 Å². The van der Waals surface area contributed by atoms with Crippen LogP contribution in [0.25, 0.3) is 0 Å². The Morgan fingerprint density at radius 3 is 2.60 bits per heavy atom. The van der Waals surface area contributed by atoms with E-state index in [1.54, 1.807) is 24.5 Å². The molecule has 1 fully saturated rings. The van der Waals surface area contributed by atoms with Crippen molar-refractivity contribution in [1.82, 2.24) is 20.5 Å². The van der Waals surface area contributed by atoms with Gasteiger partial charge in [0.2, 0.25) is 0 Å². The largest absolute Gasteiger partial charge is 0.366 e. The standard InChI is InChI=1S/C14H15N5O/c20-14(16-9-10-5-7-15-8-6-10)12-3-4-13(19-18-12)17-11-1-2-11/h3-8,11H,1-2,9H2,(H,16,20)(H,17,19). The van der Waals surface area contributed by atoms with E-state index in [9.17, 15) is 4.79 Å². The quantitative estimate of drug-likeness (QED) is 0.857. The van der Waals surface area contributed by atoms with Gasteiger partial charge < -0.3 is 10.6 Å². The van der Waals surface area contributed by atoms with Gasteiger partial charge in [0.15, 0.2) is 5.69 Å². The molecule has 3 rings (SSSR count). The number of rotatable bonds is 5. The van der Waals surface area contributed by atoms with E-state index in [-0.39, 0.29) is 5.91 Å². The van der Waals surface area contributed by atoms with Crippen LogP contribution in [0, 0.1) is 0 Å². The Labute approximate surface area is 116 Å². The minimum atomic E-state index is -0.229. The molecule has 0 aromatic carbocycles. The van der Waals surface area contributed by atoms with E-state index in [0.717, 1.165) is 11.4 Å². The predicted octanol–water partition coefficient (Wildman–Crippen LogP) is 1.38. The van der Waals surface area contributed by atoms with E-state index in [1.807, 2.05) is 12.1 Å². The molecule has 102 valence electrons. The van der Waals surface area contributed by atoms with Crippen LogP contribution in [0.1, 0.15) is 28.9 Å². The van der Waals surface area contributed by atoms with E-state index in [0.29, 0.717) is 18.3 Å². The Morgan fingerprint density at radius 2 is 1.95 bits per heavy atom. The second-order valence-electron chi connectivity index (χ2n) is 4.76. The fraction of sp³-hybridized carbons (Fsp3) is 0.286. The second-order valence-corrected chi connectivity index (χ2v) is 4.76. The van der Waals surface area contributed by atoms with Gasteiger partial charge >= 0.3 is 0 Å². The molecule has 0 bridgehead atoms. The van der Waals surface area contributed by atoms with Crippen molar-refractivity contribution in [1.29, 1.82) is 0 Å². The van der Waals surface area contributed by atoms with Gasteiger partial charge in [-0.1, -0.05) is 0 Å². The highest BCUT2D eigenvalue weighted by Gasteiger charge is 2.21. The van der Waals surface area contributed by atoms with Gasteiger partial charge in [0.1, 0.15) is 5.82 Å².